The average Bonchev–Trinajstić information content (AvgIpc) is 2.48. The Labute approximate surface area is 124 Å². The van der Waals surface area contributed by atoms with Gasteiger partial charge in [-0.05, 0) is 37.2 Å². The molecule has 1 aliphatic rings. The number of nitrogens with two attached hydrogens (primary N) is 1. The van der Waals surface area contributed by atoms with E-state index < -0.39 is 0 Å². The zero-order valence-electron chi connectivity index (χ0n) is 13.1. The number of hydrogen-bond donors (Lipinski definition) is 1. The Morgan fingerprint density at radius 3 is 2.40 bits per heavy atom. The summed E-state index contributed by atoms with van der Waals surface area (Å²) < 4.78 is 0. The van der Waals surface area contributed by atoms with E-state index in [4.69, 9.17) is 5.73 Å². The molecule has 0 heterocycles. The van der Waals surface area contributed by atoms with Gasteiger partial charge < -0.3 is 5.73 Å². The third-order valence-electron chi connectivity index (χ3n) is 4.73. The van der Waals surface area contributed by atoms with Gasteiger partial charge in [-0.2, -0.15) is 0 Å². The molecule has 1 aliphatic carbocycles. The van der Waals surface area contributed by atoms with E-state index in [1.54, 1.807) is 0 Å². The molecular formula is C18H30N2. The molecule has 1 atom stereocenters. The predicted octanol–water partition coefficient (Wildman–Crippen LogP) is 3.80. The van der Waals surface area contributed by atoms with Gasteiger partial charge in [-0.1, -0.05) is 50.6 Å². The lowest BCUT2D eigenvalue weighted by molar-refractivity contribution is 0.122. The lowest BCUT2D eigenvalue weighted by atomic mass is 9.90. The zero-order chi connectivity index (χ0) is 14.4. The van der Waals surface area contributed by atoms with E-state index in [2.05, 4.69) is 49.1 Å². The summed E-state index contributed by atoms with van der Waals surface area (Å²) in [6, 6.07) is 12.1. The second-order valence-electron chi connectivity index (χ2n) is 6.50. The van der Waals surface area contributed by atoms with Crippen LogP contribution < -0.4 is 5.73 Å². The normalized spacial score (nSPS) is 24.8. The van der Waals surface area contributed by atoms with Gasteiger partial charge in [-0.15, -0.1) is 0 Å². The van der Waals surface area contributed by atoms with Crippen LogP contribution in [0.5, 0.6) is 0 Å². The minimum atomic E-state index is 0.438. The van der Waals surface area contributed by atoms with Crippen LogP contribution in [0.3, 0.4) is 0 Å². The smallest absolute Gasteiger partial charge is 0.0236 e. The van der Waals surface area contributed by atoms with E-state index in [1.807, 2.05) is 0 Å². The molecule has 1 saturated carbocycles. The minimum Gasteiger partial charge on any atom is -0.328 e. The first-order valence-electron chi connectivity index (χ1n) is 8.22. The number of benzene rings is 1. The fourth-order valence-corrected chi connectivity index (χ4v) is 3.16. The van der Waals surface area contributed by atoms with E-state index in [0.717, 1.165) is 18.5 Å². The third-order valence-corrected chi connectivity index (χ3v) is 4.73. The summed E-state index contributed by atoms with van der Waals surface area (Å²) in [6.45, 7) is 6.96. The molecule has 20 heavy (non-hydrogen) atoms. The first kappa shape index (κ1) is 15.5. The second-order valence-corrected chi connectivity index (χ2v) is 6.50. The lowest BCUT2D eigenvalue weighted by Crippen LogP contribution is -2.42. The molecule has 0 radical (unpaired) electrons. The Kier molecular flexibility index (Phi) is 6.06. The maximum absolute atomic E-state index is 6.06. The quantitative estimate of drug-likeness (QED) is 0.855. The maximum atomic E-state index is 6.06. The van der Waals surface area contributed by atoms with Gasteiger partial charge >= 0.3 is 0 Å². The van der Waals surface area contributed by atoms with Gasteiger partial charge in [0.2, 0.25) is 0 Å². The van der Waals surface area contributed by atoms with E-state index in [0.29, 0.717) is 6.04 Å². The van der Waals surface area contributed by atoms with Crippen molar-refractivity contribution in [3.63, 3.8) is 0 Å². The highest BCUT2D eigenvalue weighted by Gasteiger charge is 2.25. The molecule has 0 saturated heterocycles. The van der Waals surface area contributed by atoms with Crippen molar-refractivity contribution in [2.24, 2.45) is 11.7 Å². The number of hydrogen-bond acceptors (Lipinski definition) is 2. The van der Waals surface area contributed by atoms with Crippen molar-refractivity contribution in [3.8, 4) is 0 Å². The minimum absolute atomic E-state index is 0.438. The third kappa shape index (κ3) is 4.60. The zero-order valence-corrected chi connectivity index (χ0v) is 13.1. The summed E-state index contributed by atoms with van der Waals surface area (Å²) in [7, 11) is 0. The van der Waals surface area contributed by atoms with Crippen molar-refractivity contribution in [3.05, 3.63) is 35.9 Å². The summed E-state index contributed by atoms with van der Waals surface area (Å²) in [5.41, 5.74) is 7.49. The SMILES string of the molecule is CCC(C)CN(Cc1ccccc1)C1CCC(N)CC1. The molecule has 0 aliphatic heterocycles. The Hall–Kier alpha value is -0.860. The van der Waals surface area contributed by atoms with Gasteiger partial charge in [0.25, 0.3) is 0 Å². The van der Waals surface area contributed by atoms with Crippen LogP contribution >= 0.6 is 0 Å². The van der Waals surface area contributed by atoms with Gasteiger partial charge in [-0.25, -0.2) is 0 Å². The fourth-order valence-electron chi connectivity index (χ4n) is 3.16. The average molecular weight is 274 g/mol. The molecule has 0 amide bonds. The van der Waals surface area contributed by atoms with Crippen LogP contribution in [0.2, 0.25) is 0 Å². The van der Waals surface area contributed by atoms with Crippen molar-refractivity contribution < 1.29 is 0 Å². The van der Waals surface area contributed by atoms with Crippen LogP contribution in [-0.2, 0) is 6.54 Å². The summed E-state index contributed by atoms with van der Waals surface area (Å²) in [4.78, 5) is 2.70. The van der Waals surface area contributed by atoms with E-state index in [-0.39, 0.29) is 0 Å². The molecule has 1 unspecified atom stereocenters. The van der Waals surface area contributed by atoms with Crippen LogP contribution in [0.1, 0.15) is 51.5 Å². The Bertz CT molecular complexity index is 368. The molecular weight excluding hydrogens is 244 g/mol. The lowest BCUT2D eigenvalue weighted by Gasteiger charge is -2.37. The van der Waals surface area contributed by atoms with Gasteiger partial charge in [0.15, 0.2) is 0 Å². The summed E-state index contributed by atoms with van der Waals surface area (Å²) >= 11 is 0. The van der Waals surface area contributed by atoms with Crippen molar-refractivity contribution in [2.75, 3.05) is 6.54 Å². The van der Waals surface area contributed by atoms with Gasteiger partial charge in [0, 0.05) is 25.2 Å². The molecule has 0 aromatic heterocycles. The van der Waals surface area contributed by atoms with E-state index in [1.165, 1.54) is 44.2 Å². The van der Waals surface area contributed by atoms with Crippen molar-refractivity contribution in [1.29, 1.82) is 0 Å². The van der Waals surface area contributed by atoms with Crippen LogP contribution in [0.25, 0.3) is 0 Å². The highest BCUT2D eigenvalue weighted by atomic mass is 15.2. The molecule has 1 aromatic rings. The molecule has 0 bridgehead atoms. The topological polar surface area (TPSA) is 29.3 Å². The monoisotopic (exact) mass is 274 g/mol. The van der Waals surface area contributed by atoms with Gasteiger partial charge in [0.1, 0.15) is 0 Å². The Morgan fingerprint density at radius 1 is 1.15 bits per heavy atom. The fraction of sp³-hybridized carbons (Fsp3) is 0.667. The molecule has 1 aromatic carbocycles. The van der Waals surface area contributed by atoms with Gasteiger partial charge in [0.05, 0.1) is 0 Å². The summed E-state index contributed by atoms with van der Waals surface area (Å²) in [5.74, 6) is 0.773. The molecule has 1 fully saturated rings. The van der Waals surface area contributed by atoms with E-state index in [9.17, 15) is 0 Å². The molecule has 2 N–H and O–H groups in total. The van der Waals surface area contributed by atoms with Gasteiger partial charge in [-0.3, -0.25) is 4.90 Å². The van der Waals surface area contributed by atoms with Crippen LogP contribution in [0.15, 0.2) is 30.3 Å². The highest BCUT2D eigenvalue weighted by molar-refractivity contribution is 5.14. The van der Waals surface area contributed by atoms with Crippen LogP contribution in [-0.4, -0.2) is 23.5 Å². The van der Waals surface area contributed by atoms with Crippen molar-refractivity contribution in [1.82, 2.24) is 4.90 Å². The highest BCUT2D eigenvalue weighted by Crippen LogP contribution is 2.25. The first-order chi connectivity index (χ1) is 9.69. The Balaban J connectivity index is 2.00. The molecule has 2 heteroatoms. The summed E-state index contributed by atoms with van der Waals surface area (Å²) in [5, 5.41) is 0. The van der Waals surface area contributed by atoms with Crippen molar-refractivity contribution >= 4 is 0 Å². The second kappa shape index (κ2) is 7.80. The largest absolute Gasteiger partial charge is 0.328 e. The maximum Gasteiger partial charge on any atom is 0.0236 e. The molecule has 2 nitrogen and oxygen atoms in total. The summed E-state index contributed by atoms with van der Waals surface area (Å²) in [6.07, 6.45) is 6.18. The first-order valence-corrected chi connectivity index (χ1v) is 8.22. The molecule has 112 valence electrons. The van der Waals surface area contributed by atoms with E-state index >= 15 is 0 Å². The van der Waals surface area contributed by atoms with Crippen LogP contribution in [0, 0.1) is 5.92 Å². The Morgan fingerprint density at radius 2 is 1.80 bits per heavy atom. The number of nitrogens with zero attached hydrogens (tertiary/aromatic N) is 1. The van der Waals surface area contributed by atoms with Crippen molar-refractivity contribution in [2.45, 2.75) is 64.6 Å². The number of rotatable bonds is 6. The standard InChI is InChI=1S/C18H30N2/c1-3-15(2)13-20(14-16-7-5-4-6-8-16)18-11-9-17(19)10-12-18/h4-8,15,17-18H,3,9-14,19H2,1-2H3. The van der Waals surface area contributed by atoms with Crippen LogP contribution in [0.4, 0.5) is 0 Å². The molecule has 2 rings (SSSR count). The molecule has 0 spiro atoms. The predicted molar refractivity (Wildman–Crippen MR) is 86.5 cm³/mol.